The van der Waals surface area contributed by atoms with Gasteiger partial charge in [0.2, 0.25) is 5.91 Å². The quantitative estimate of drug-likeness (QED) is 0.299. The molecule has 3 rings (SSSR count). The maximum Gasteiger partial charge on any atom is 0.408 e. The van der Waals surface area contributed by atoms with Gasteiger partial charge in [-0.3, -0.25) is 9.59 Å². The van der Waals surface area contributed by atoms with Crippen molar-refractivity contribution in [2.24, 2.45) is 0 Å². The third kappa shape index (κ3) is 8.58. The Bertz CT molecular complexity index is 1340. The van der Waals surface area contributed by atoms with E-state index >= 15 is 0 Å². The third-order valence-corrected chi connectivity index (χ3v) is 6.67. The van der Waals surface area contributed by atoms with Gasteiger partial charge >= 0.3 is 6.09 Å². The molecule has 3 aromatic carbocycles. The molecular weight excluding hydrogens is 518 g/mol. The fourth-order valence-electron chi connectivity index (χ4n) is 4.61. The predicted octanol–water partition coefficient (Wildman–Crippen LogP) is 5.98. The Morgan fingerprint density at radius 1 is 0.902 bits per heavy atom. The molecule has 0 radical (unpaired) electrons. The summed E-state index contributed by atoms with van der Waals surface area (Å²) in [5.41, 5.74) is 4.14. The van der Waals surface area contributed by atoms with Gasteiger partial charge in [-0.1, -0.05) is 60.2 Å². The van der Waals surface area contributed by atoms with Crippen molar-refractivity contribution in [3.63, 3.8) is 0 Å². The Balaban J connectivity index is 2.02. The molecule has 0 fully saturated rings. The number of aryl methyl sites for hydroxylation is 3. The monoisotopic (exact) mass is 559 g/mol. The number of carbonyl (C=O) groups is 3. The largest absolute Gasteiger partial charge is 0.508 e. The number of nitrogens with zero attached hydrogens (tertiary/aromatic N) is 1. The summed E-state index contributed by atoms with van der Waals surface area (Å²) < 4.78 is 5.46. The number of carbonyl (C=O) groups excluding carboxylic acids is 3. The van der Waals surface area contributed by atoms with Gasteiger partial charge in [-0.15, -0.1) is 0 Å². The first kappa shape index (κ1) is 31.2. The van der Waals surface area contributed by atoms with Crippen LogP contribution in [-0.2, 0) is 20.7 Å². The average molecular weight is 560 g/mol. The van der Waals surface area contributed by atoms with E-state index in [2.05, 4.69) is 10.6 Å². The highest BCUT2D eigenvalue weighted by atomic mass is 16.6. The molecule has 8 nitrogen and oxygen atoms in total. The van der Waals surface area contributed by atoms with Crippen LogP contribution in [0.15, 0.2) is 66.7 Å². The van der Waals surface area contributed by atoms with Gasteiger partial charge < -0.3 is 25.4 Å². The lowest BCUT2D eigenvalue weighted by Crippen LogP contribution is -2.53. The van der Waals surface area contributed by atoms with E-state index in [0.29, 0.717) is 11.3 Å². The highest BCUT2D eigenvalue weighted by Gasteiger charge is 2.36. The number of rotatable bonds is 9. The zero-order chi connectivity index (χ0) is 30.3. The van der Waals surface area contributed by atoms with E-state index in [-0.39, 0.29) is 24.6 Å². The maximum atomic E-state index is 14.2. The molecule has 3 N–H and O–H groups in total. The number of hydrogen-bond acceptors (Lipinski definition) is 5. The summed E-state index contributed by atoms with van der Waals surface area (Å²) in [5.74, 6) is -0.703. The topological polar surface area (TPSA) is 108 Å². The van der Waals surface area contributed by atoms with Crippen molar-refractivity contribution in [2.75, 3.05) is 11.9 Å². The van der Waals surface area contributed by atoms with Gasteiger partial charge in [0.15, 0.2) is 0 Å². The summed E-state index contributed by atoms with van der Waals surface area (Å²) in [6, 6.07) is 17.7. The van der Waals surface area contributed by atoms with Crippen LogP contribution in [0.5, 0.6) is 5.75 Å². The number of aromatic hydroxyl groups is 1. The summed E-state index contributed by atoms with van der Waals surface area (Å²) in [4.78, 5) is 42.6. The van der Waals surface area contributed by atoms with Gasteiger partial charge in [0.1, 0.15) is 23.4 Å². The lowest BCUT2D eigenvalue weighted by atomic mass is 9.99. The second kappa shape index (κ2) is 13.4. The minimum atomic E-state index is -1.03. The molecule has 41 heavy (non-hydrogen) atoms. The van der Waals surface area contributed by atoms with Crippen molar-refractivity contribution in [1.29, 1.82) is 0 Å². The van der Waals surface area contributed by atoms with Gasteiger partial charge in [-0.25, -0.2) is 4.79 Å². The molecule has 3 aromatic rings. The lowest BCUT2D eigenvalue weighted by molar-refractivity contribution is -0.140. The smallest absolute Gasteiger partial charge is 0.408 e. The molecule has 0 bridgehead atoms. The number of nitrogens with one attached hydrogen (secondary N) is 2. The van der Waals surface area contributed by atoms with Crippen molar-refractivity contribution < 1.29 is 24.2 Å². The molecule has 0 heterocycles. The average Bonchev–Trinajstić information content (AvgIpc) is 2.89. The van der Waals surface area contributed by atoms with Crippen LogP contribution in [0.25, 0.3) is 0 Å². The molecule has 0 spiro atoms. The maximum absolute atomic E-state index is 14.2. The van der Waals surface area contributed by atoms with Crippen LogP contribution in [0.4, 0.5) is 10.5 Å². The molecule has 2 unspecified atom stereocenters. The highest BCUT2D eigenvalue weighted by molar-refractivity contribution is 6.00. The number of phenols is 1. The number of hydrogen-bond donors (Lipinski definition) is 3. The molecular formula is C33H41N3O5. The van der Waals surface area contributed by atoms with Crippen LogP contribution < -0.4 is 10.6 Å². The van der Waals surface area contributed by atoms with E-state index in [1.807, 2.05) is 63.2 Å². The van der Waals surface area contributed by atoms with E-state index < -0.39 is 29.7 Å². The first-order valence-electron chi connectivity index (χ1n) is 13.8. The van der Waals surface area contributed by atoms with Crippen molar-refractivity contribution in [3.05, 3.63) is 94.5 Å². The predicted molar refractivity (Wildman–Crippen MR) is 161 cm³/mol. The van der Waals surface area contributed by atoms with Crippen LogP contribution in [0.2, 0.25) is 0 Å². The van der Waals surface area contributed by atoms with Gasteiger partial charge in [0.05, 0.1) is 0 Å². The first-order chi connectivity index (χ1) is 19.3. The molecule has 3 amide bonds. The molecule has 0 saturated heterocycles. The minimum absolute atomic E-state index is 0.0921. The summed E-state index contributed by atoms with van der Waals surface area (Å²) >= 11 is 0. The molecule has 0 aliphatic carbocycles. The van der Waals surface area contributed by atoms with E-state index in [1.165, 1.54) is 17.0 Å². The Labute approximate surface area is 242 Å². The van der Waals surface area contributed by atoms with E-state index in [9.17, 15) is 19.5 Å². The number of alkyl carbamates (subject to hydrolysis) is 1. The Morgan fingerprint density at radius 3 is 2.02 bits per heavy atom. The van der Waals surface area contributed by atoms with Crippen molar-refractivity contribution >= 4 is 23.6 Å². The summed E-state index contributed by atoms with van der Waals surface area (Å²) in [6.45, 7) is 13.0. The van der Waals surface area contributed by atoms with Gasteiger partial charge in [0.25, 0.3) is 5.91 Å². The number of ether oxygens (including phenoxy) is 1. The van der Waals surface area contributed by atoms with Crippen LogP contribution in [-0.4, -0.2) is 46.1 Å². The standard InChI is InChI=1S/C33H41N3O5/c1-8-36(31(39)27(34-32(40)41-33(5,6)7)20-24-14-18-26(37)19-15-24)29(25-16-12-21(2)13-17-25)30(38)35-28-22(3)10-9-11-23(28)4/h9-19,27,29,37H,8,20H2,1-7H3,(H,34,40)(H,35,38). The molecule has 218 valence electrons. The zero-order valence-corrected chi connectivity index (χ0v) is 24.9. The summed E-state index contributed by atoms with van der Waals surface area (Å²) in [6.07, 6.45) is -0.605. The van der Waals surface area contributed by atoms with E-state index in [1.54, 1.807) is 39.8 Å². The van der Waals surface area contributed by atoms with Crippen LogP contribution >= 0.6 is 0 Å². The molecule has 0 saturated carbocycles. The second-order valence-electron chi connectivity index (χ2n) is 11.3. The number of likely N-dealkylation sites (N-methyl/N-ethyl adjacent to an activating group) is 1. The van der Waals surface area contributed by atoms with Crippen molar-refractivity contribution in [3.8, 4) is 5.75 Å². The van der Waals surface area contributed by atoms with E-state index in [0.717, 1.165) is 22.3 Å². The van der Waals surface area contributed by atoms with E-state index in [4.69, 9.17) is 4.74 Å². The summed E-state index contributed by atoms with van der Waals surface area (Å²) in [5, 5.41) is 15.5. The minimum Gasteiger partial charge on any atom is -0.508 e. The number of phenolic OH excluding ortho intramolecular Hbond substituents is 1. The van der Waals surface area contributed by atoms with Crippen LogP contribution in [0, 0.1) is 20.8 Å². The fourth-order valence-corrected chi connectivity index (χ4v) is 4.61. The molecule has 0 aromatic heterocycles. The molecule has 2 atom stereocenters. The zero-order valence-electron chi connectivity index (χ0n) is 24.9. The SMILES string of the molecule is CCN(C(=O)C(Cc1ccc(O)cc1)NC(=O)OC(C)(C)C)C(C(=O)Nc1c(C)cccc1C)c1ccc(C)cc1. The fraction of sp³-hybridized carbons (Fsp3) is 0.364. The number of benzene rings is 3. The normalized spacial score (nSPS) is 12.7. The highest BCUT2D eigenvalue weighted by Crippen LogP contribution is 2.27. The lowest BCUT2D eigenvalue weighted by Gasteiger charge is -2.34. The van der Waals surface area contributed by atoms with Gasteiger partial charge in [-0.05, 0) is 82.9 Å². The van der Waals surface area contributed by atoms with Crippen LogP contribution in [0.3, 0.4) is 0 Å². The van der Waals surface area contributed by atoms with Gasteiger partial charge in [-0.2, -0.15) is 0 Å². The Hall–Kier alpha value is -4.33. The van der Waals surface area contributed by atoms with Crippen molar-refractivity contribution in [1.82, 2.24) is 10.2 Å². The number of para-hydroxylation sites is 1. The molecule has 0 aliphatic heterocycles. The van der Waals surface area contributed by atoms with Crippen LogP contribution in [0.1, 0.15) is 61.6 Å². The third-order valence-electron chi connectivity index (χ3n) is 6.67. The number of anilines is 1. The first-order valence-corrected chi connectivity index (χ1v) is 13.8. The second-order valence-corrected chi connectivity index (χ2v) is 11.3. The Kier molecular flexibility index (Phi) is 10.2. The molecule has 8 heteroatoms. The summed E-state index contributed by atoms with van der Waals surface area (Å²) in [7, 11) is 0. The molecule has 0 aliphatic rings. The van der Waals surface area contributed by atoms with Crippen molar-refractivity contribution in [2.45, 2.75) is 72.6 Å². The number of amides is 3. The Morgan fingerprint density at radius 2 is 1.49 bits per heavy atom. The van der Waals surface area contributed by atoms with Gasteiger partial charge in [0, 0.05) is 18.7 Å².